The van der Waals surface area contributed by atoms with Gasteiger partial charge in [0.25, 0.3) is 0 Å². The molecule has 132 valence electrons. The fourth-order valence-electron chi connectivity index (χ4n) is 2.14. The van der Waals surface area contributed by atoms with Crippen LogP contribution in [-0.4, -0.2) is 24.8 Å². The first-order chi connectivity index (χ1) is 11.9. The minimum absolute atomic E-state index is 0.142. The molecule has 1 aromatic heterocycles. The molecule has 0 aliphatic rings. The third-order valence-corrected chi connectivity index (χ3v) is 3.32. The van der Waals surface area contributed by atoms with E-state index in [0.717, 1.165) is 0 Å². The number of benzene rings is 1. The van der Waals surface area contributed by atoms with Crippen molar-refractivity contribution in [3.63, 3.8) is 0 Å². The molecule has 8 nitrogen and oxygen atoms in total. The second kappa shape index (κ2) is 7.61. The maximum absolute atomic E-state index is 11.8. The minimum Gasteiger partial charge on any atom is -0.510 e. The Labute approximate surface area is 143 Å². The van der Waals surface area contributed by atoms with Gasteiger partial charge in [0, 0.05) is 17.5 Å². The lowest BCUT2D eigenvalue weighted by Gasteiger charge is -2.07. The first-order valence-electron chi connectivity index (χ1n) is 7.48. The number of hydrogen-bond acceptors (Lipinski definition) is 8. The van der Waals surface area contributed by atoms with Crippen LogP contribution in [0.25, 0.3) is 11.0 Å². The smallest absolute Gasteiger partial charge is 0.362 e. The largest absolute Gasteiger partial charge is 0.510 e. The van der Waals surface area contributed by atoms with Crippen molar-refractivity contribution in [2.45, 2.75) is 20.8 Å². The van der Waals surface area contributed by atoms with Gasteiger partial charge in [-0.25, -0.2) is 9.59 Å². The van der Waals surface area contributed by atoms with Gasteiger partial charge in [-0.1, -0.05) is 0 Å². The van der Waals surface area contributed by atoms with Gasteiger partial charge >= 0.3 is 11.6 Å². The molecule has 0 atom stereocenters. The van der Waals surface area contributed by atoms with Crippen molar-refractivity contribution >= 4 is 22.6 Å². The van der Waals surface area contributed by atoms with Gasteiger partial charge in [0.2, 0.25) is 5.70 Å². The number of carbonyl (C=O) groups excluding carboxylic acids is 1. The van der Waals surface area contributed by atoms with E-state index in [2.05, 4.69) is 10.2 Å². The standard InChI is InChI=1S/C17H18N2O6/c1-5-24-17(22)16(10(3)20)19-18-12-7-11-9(2)6-15(21)25-13(11)8-14(12)23-4/h6-8,20H,5H2,1-4H3/b16-10-,19-18?. The number of nitrogens with zero attached hydrogens (tertiary/aromatic N) is 2. The van der Waals surface area contributed by atoms with E-state index >= 15 is 0 Å². The molecular weight excluding hydrogens is 328 g/mol. The molecule has 0 radical (unpaired) electrons. The van der Waals surface area contributed by atoms with E-state index in [1.54, 1.807) is 19.9 Å². The third-order valence-electron chi connectivity index (χ3n) is 3.32. The molecule has 2 rings (SSSR count). The van der Waals surface area contributed by atoms with Gasteiger partial charge in [0.05, 0.1) is 13.7 Å². The second-order valence-corrected chi connectivity index (χ2v) is 5.12. The van der Waals surface area contributed by atoms with Gasteiger partial charge in [-0.05, 0) is 32.4 Å². The van der Waals surface area contributed by atoms with Crippen molar-refractivity contribution in [2.24, 2.45) is 10.2 Å². The summed E-state index contributed by atoms with van der Waals surface area (Å²) in [5, 5.41) is 18.0. The Morgan fingerprint density at radius 1 is 1.32 bits per heavy atom. The van der Waals surface area contributed by atoms with Crippen LogP contribution in [0.15, 0.2) is 49.1 Å². The summed E-state index contributed by atoms with van der Waals surface area (Å²) in [6, 6.07) is 4.49. The Bertz CT molecular complexity index is 923. The van der Waals surface area contributed by atoms with Crippen LogP contribution in [0.1, 0.15) is 19.4 Å². The predicted molar refractivity (Wildman–Crippen MR) is 90.3 cm³/mol. The molecule has 1 heterocycles. The molecular formula is C17H18N2O6. The fourth-order valence-corrected chi connectivity index (χ4v) is 2.14. The zero-order chi connectivity index (χ0) is 18.6. The number of rotatable bonds is 5. The number of aliphatic hydroxyl groups is 1. The lowest BCUT2D eigenvalue weighted by Crippen LogP contribution is -2.07. The van der Waals surface area contributed by atoms with Crippen LogP contribution in [0, 0.1) is 6.92 Å². The molecule has 0 unspecified atom stereocenters. The van der Waals surface area contributed by atoms with Crippen molar-refractivity contribution in [3.8, 4) is 5.75 Å². The summed E-state index contributed by atoms with van der Waals surface area (Å²) < 4.78 is 15.2. The van der Waals surface area contributed by atoms with Crippen LogP contribution in [-0.2, 0) is 9.53 Å². The predicted octanol–water partition coefficient (Wildman–Crippen LogP) is 3.55. The van der Waals surface area contributed by atoms with Crippen LogP contribution in [0.3, 0.4) is 0 Å². The van der Waals surface area contributed by atoms with Crippen molar-refractivity contribution in [1.82, 2.24) is 0 Å². The molecule has 1 N–H and O–H groups in total. The number of methoxy groups -OCH3 is 1. The monoisotopic (exact) mass is 346 g/mol. The molecule has 0 fully saturated rings. The topological polar surface area (TPSA) is 111 Å². The maximum atomic E-state index is 11.8. The van der Waals surface area contributed by atoms with Gasteiger partial charge in [-0.2, -0.15) is 0 Å². The Morgan fingerprint density at radius 2 is 2.04 bits per heavy atom. The van der Waals surface area contributed by atoms with Crippen molar-refractivity contribution in [1.29, 1.82) is 0 Å². The molecule has 25 heavy (non-hydrogen) atoms. The number of esters is 1. The highest BCUT2D eigenvalue weighted by atomic mass is 16.5. The van der Waals surface area contributed by atoms with Crippen LogP contribution in [0.5, 0.6) is 5.75 Å². The van der Waals surface area contributed by atoms with Crippen LogP contribution >= 0.6 is 0 Å². The van der Waals surface area contributed by atoms with E-state index < -0.39 is 11.6 Å². The van der Waals surface area contributed by atoms with Crippen LogP contribution < -0.4 is 10.4 Å². The van der Waals surface area contributed by atoms with Crippen LogP contribution in [0.4, 0.5) is 5.69 Å². The Balaban J connectivity index is 2.54. The zero-order valence-electron chi connectivity index (χ0n) is 14.3. The van der Waals surface area contributed by atoms with E-state index in [1.165, 1.54) is 26.2 Å². The fraction of sp³-hybridized carbons (Fsp3) is 0.294. The summed E-state index contributed by atoms with van der Waals surface area (Å²) in [7, 11) is 1.42. The molecule has 2 aromatic rings. The number of carbonyl (C=O) groups is 1. The molecule has 0 amide bonds. The van der Waals surface area contributed by atoms with Crippen molar-refractivity contribution < 1.29 is 23.8 Å². The van der Waals surface area contributed by atoms with Gasteiger partial charge < -0.3 is 19.0 Å². The van der Waals surface area contributed by atoms with Gasteiger partial charge in [0.1, 0.15) is 22.8 Å². The molecule has 1 aromatic carbocycles. The first kappa shape index (κ1) is 18.2. The summed E-state index contributed by atoms with van der Waals surface area (Å²) in [4.78, 5) is 23.3. The summed E-state index contributed by atoms with van der Waals surface area (Å²) in [6.45, 7) is 4.85. The quantitative estimate of drug-likeness (QED) is 0.291. The van der Waals surface area contributed by atoms with E-state index in [0.29, 0.717) is 28.0 Å². The molecule has 0 aliphatic carbocycles. The number of aryl methyl sites for hydroxylation is 1. The Kier molecular flexibility index (Phi) is 5.53. The number of aliphatic hydroxyl groups excluding tert-OH is 1. The highest BCUT2D eigenvalue weighted by Crippen LogP contribution is 2.34. The average Bonchev–Trinajstić information content (AvgIpc) is 2.54. The summed E-state index contributed by atoms with van der Waals surface area (Å²) >= 11 is 0. The number of ether oxygens (including phenoxy) is 2. The van der Waals surface area contributed by atoms with E-state index in [1.807, 2.05) is 0 Å². The molecule has 0 bridgehead atoms. The lowest BCUT2D eigenvalue weighted by atomic mass is 10.1. The normalized spacial score (nSPS) is 12.3. The first-order valence-corrected chi connectivity index (χ1v) is 7.48. The van der Waals surface area contributed by atoms with E-state index in [-0.39, 0.29) is 18.1 Å². The van der Waals surface area contributed by atoms with Crippen molar-refractivity contribution in [3.05, 3.63) is 45.6 Å². The number of allylic oxidation sites excluding steroid dienone is 1. The average molecular weight is 346 g/mol. The van der Waals surface area contributed by atoms with Gasteiger partial charge in [-0.3, -0.25) is 0 Å². The van der Waals surface area contributed by atoms with Gasteiger partial charge in [-0.15, -0.1) is 10.2 Å². The van der Waals surface area contributed by atoms with Crippen molar-refractivity contribution in [2.75, 3.05) is 13.7 Å². The highest BCUT2D eigenvalue weighted by molar-refractivity contribution is 5.89. The number of azo groups is 1. The SMILES string of the molecule is CCOC(=O)/C(N=Nc1cc2c(C)cc(=O)oc2cc1OC)=C(\C)O. The van der Waals surface area contributed by atoms with Gasteiger partial charge in [0.15, 0.2) is 0 Å². The molecule has 0 spiro atoms. The number of fused-ring (bicyclic) bond motifs is 1. The second-order valence-electron chi connectivity index (χ2n) is 5.12. The van der Waals surface area contributed by atoms with E-state index in [9.17, 15) is 14.7 Å². The zero-order valence-corrected chi connectivity index (χ0v) is 14.3. The maximum Gasteiger partial charge on any atom is 0.362 e. The molecule has 0 aliphatic heterocycles. The summed E-state index contributed by atoms with van der Waals surface area (Å²) in [6.07, 6.45) is 0. The Morgan fingerprint density at radius 3 is 2.64 bits per heavy atom. The summed E-state index contributed by atoms with van der Waals surface area (Å²) in [5.74, 6) is -0.805. The Hall–Kier alpha value is -3.16. The number of hydrogen-bond donors (Lipinski definition) is 1. The van der Waals surface area contributed by atoms with E-state index in [4.69, 9.17) is 13.9 Å². The molecule has 0 saturated carbocycles. The summed E-state index contributed by atoms with van der Waals surface area (Å²) in [5.41, 5.74) is 0.574. The highest BCUT2D eigenvalue weighted by Gasteiger charge is 2.15. The third kappa shape index (κ3) is 4.03. The minimum atomic E-state index is -0.784. The van der Waals surface area contributed by atoms with Crippen LogP contribution in [0.2, 0.25) is 0 Å². The molecule has 0 saturated heterocycles. The lowest BCUT2D eigenvalue weighted by molar-refractivity contribution is -0.138. The molecule has 8 heteroatoms.